The van der Waals surface area contributed by atoms with E-state index in [4.69, 9.17) is 22.1 Å². The van der Waals surface area contributed by atoms with Crippen LogP contribution in [0.1, 0.15) is 25.0 Å². The van der Waals surface area contributed by atoms with Crippen molar-refractivity contribution in [3.05, 3.63) is 83.4 Å². The van der Waals surface area contributed by atoms with E-state index in [1.165, 1.54) is 11.8 Å². The van der Waals surface area contributed by atoms with Crippen molar-refractivity contribution in [1.82, 2.24) is 14.7 Å². The number of nitrogens with zero attached hydrogens (tertiary/aromatic N) is 3. The second kappa shape index (κ2) is 10.4. The van der Waals surface area contributed by atoms with Crippen molar-refractivity contribution < 1.29 is 9.53 Å². The zero-order chi connectivity index (χ0) is 24.2. The maximum atomic E-state index is 13.1. The Balaban J connectivity index is 1.78. The number of ether oxygens (including phenoxy) is 1. The Morgan fingerprint density at radius 2 is 1.97 bits per heavy atom. The van der Waals surface area contributed by atoms with E-state index in [9.17, 15) is 4.79 Å². The topological polar surface area (TPSA) is 47.4 Å². The third-order valence-corrected chi connectivity index (χ3v) is 6.67. The Hall–Kier alpha value is -3.16. The van der Waals surface area contributed by atoms with Crippen molar-refractivity contribution >= 4 is 40.3 Å². The van der Waals surface area contributed by atoms with Crippen LogP contribution < -0.4 is 4.74 Å². The predicted octanol–water partition coefficient (Wildman–Crippen LogP) is 6.27. The van der Waals surface area contributed by atoms with Crippen molar-refractivity contribution in [2.45, 2.75) is 20.8 Å². The fourth-order valence-corrected chi connectivity index (χ4v) is 4.99. The van der Waals surface area contributed by atoms with E-state index in [2.05, 4.69) is 20.4 Å². The van der Waals surface area contributed by atoms with Crippen LogP contribution in [-0.2, 0) is 4.79 Å². The first-order valence-electron chi connectivity index (χ1n) is 11.1. The summed E-state index contributed by atoms with van der Waals surface area (Å²) in [7, 11) is 0. The Labute approximate surface area is 210 Å². The summed E-state index contributed by atoms with van der Waals surface area (Å²) in [5, 5.41) is 4.90. The van der Waals surface area contributed by atoms with E-state index < -0.39 is 0 Å². The molecule has 0 spiro atoms. The molecule has 0 N–H and O–H groups in total. The molecule has 4 rings (SSSR count). The summed E-state index contributed by atoms with van der Waals surface area (Å²) >= 11 is 6.84. The summed E-state index contributed by atoms with van der Waals surface area (Å²) in [5.74, 6) is 1.06. The van der Waals surface area contributed by atoms with Crippen LogP contribution in [0, 0.1) is 12.8 Å². The molecular weight excluding hydrogens is 462 g/mol. The molecule has 0 bridgehead atoms. The smallest absolute Gasteiger partial charge is 0.266 e. The number of aromatic nitrogens is 2. The molecule has 174 valence electrons. The second-order valence-corrected chi connectivity index (χ2v) is 10.2. The van der Waals surface area contributed by atoms with Gasteiger partial charge in [0.2, 0.25) is 0 Å². The molecule has 0 aliphatic carbocycles. The molecule has 1 aliphatic rings. The summed E-state index contributed by atoms with van der Waals surface area (Å²) in [6, 6.07) is 15.9. The lowest BCUT2D eigenvalue weighted by molar-refractivity contribution is -0.122. The molecule has 1 saturated heterocycles. The summed E-state index contributed by atoms with van der Waals surface area (Å²) in [5.41, 5.74) is 4.60. The van der Waals surface area contributed by atoms with Gasteiger partial charge in [-0.25, -0.2) is 4.68 Å². The van der Waals surface area contributed by atoms with Gasteiger partial charge in [0.15, 0.2) is 0 Å². The highest BCUT2D eigenvalue weighted by molar-refractivity contribution is 8.26. The first kappa shape index (κ1) is 24.0. The number of hydrogen-bond acceptors (Lipinski definition) is 5. The number of rotatable bonds is 8. The van der Waals surface area contributed by atoms with Crippen LogP contribution >= 0.6 is 24.0 Å². The molecule has 1 fully saturated rings. The molecule has 7 heteroatoms. The molecular formula is C27H27N3O2S2. The zero-order valence-corrected chi connectivity index (χ0v) is 21.2. The molecule has 2 aromatic carbocycles. The van der Waals surface area contributed by atoms with Gasteiger partial charge in [-0.3, -0.25) is 9.69 Å². The Morgan fingerprint density at radius 1 is 1.21 bits per heavy atom. The fraction of sp³-hybridized carbons (Fsp3) is 0.222. The number of aryl methyl sites for hydroxylation is 1. The first-order valence-corrected chi connectivity index (χ1v) is 12.3. The summed E-state index contributed by atoms with van der Waals surface area (Å²) < 4.78 is 8.13. The van der Waals surface area contributed by atoms with Crippen molar-refractivity contribution in [3.63, 3.8) is 0 Å². The van der Waals surface area contributed by atoms with E-state index in [-0.39, 0.29) is 5.91 Å². The van der Waals surface area contributed by atoms with Crippen LogP contribution in [0.5, 0.6) is 5.75 Å². The van der Waals surface area contributed by atoms with Crippen LogP contribution in [0.4, 0.5) is 0 Å². The molecule has 5 nitrogen and oxygen atoms in total. The van der Waals surface area contributed by atoms with Crippen molar-refractivity contribution in [2.24, 2.45) is 5.92 Å². The Bertz CT molecular complexity index is 1260. The van der Waals surface area contributed by atoms with Crippen LogP contribution in [0.3, 0.4) is 0 Å². The number of hydrogen-bond donors (Lipinski definition) is 0. The highest BCUT2D eigenvalue weighted by Gasteiger charge is 2.32. The monoisotopic (exact) mass is 489 g/mol. The van der Waals surface area contributed by atoms with E-state index >= 15 is 0 Å². The van der Waals surface area contributed by atoms with Gasteiger partial charge in [-0.15, -0.1) is 0 Å². The van der Waals surface area contributed by atoms with E-state index in [0.717, 1.165) is 33.8 Å². The van der Waals surface area contributed by atoms with E-state index in [1.807, 2.05) is 72.4 Å². The van der Waals surface area contributed by atoms with Gasteiger partial charge >= 0.3 is 0 Å². The number of thiocarbonyl (C=S) groups is 1. The minimum Gasteiger partial charge on any atom is -0.490 e. The molecule has 0 radical (unpaired) electrons. The highest BCUT2D eigenvalue weighted by Crippen LogP contribution is 2.36. The van der Waals surface area contributed by atoms with Gasteiger partial charge in [-0.1, -0.05) is 68.7 Å². The lowest BCUT2D eigenvalue weighted by Gasteiger charge is -2.16. The van der Waals surface area contributed by atoms with Crippen LogP contribution in [0.15, 0.2) is 72.3 Å². The van der Waals surface area contributed by atoms with Crippen molar-refractivity contribution in [1.29, 1.82) is 0 Å². The lowest BCUT2D eigenvalue weighted by Crippen LogP contribution is -2.31. The van der Waals surface area contributed by atoms with Gasteiger partial charge in [-0.05, 0) is 54.8 Å². The molecule has 1 aliphatic heterocycles. The van der Waals surface area contributed by atoms with Gasteiger partial charge in [0.25, 0.3) is 5.91 Å². The largest absolute Gasteiger partial charge is 0.490 e. The quantitative estimate of drug-likeness (QED) is 0.212. The fourth-order valence-electron chi connectivity index (χ4n) is 3.73. The number of benzene rings is 2. The predicted molar refractivity (Wildman–Crippen MR) is 144 cm³/mol. The standard InChI is InChI=1S/C27H27N3O2S2/c1-5-13-32-22-11-12-23(19(4)14-22)25-20(17-30(28-25)21-9-7-6-8-10-21)15-24-26(31)29(16-18(2)3)27(33)34-24/h5-12,14-15,17-18H,1,13,16H2,2-4H3. The minimum atomic E-state index is -0.0491. The highest BCUT2D eigenvalue weighted by atomic mass is 32.2. The average Bonchev–Trinajstić information content (AvgIpc) is 3.34. The van der Waals surface area contributed by atoms with Gasteiger partial charge in [0.05, 0.1) is 10.6 Å². The first-order chi connectivity index (χ1) is 16.4. The van der Waals surface area contributed by atoms with E-state index in [0.29, 0.717) is 28.3 Å². The number of amides is 1. The molecule has 0 saturated carbocycles. The second-order valence-electron chi connectivity index (χ2n) is 8.48. The van der Waals surface area contributed by atoms with Crippen molar-refractivity contribution in [2.75, 3.05) is 13.2 Å². The molecule has 0 atom stereocenters. The number of carbonyl (C=O) groups excluding carboxylic acids is 1. The van der Waals surface area contributed by atoms with Crippen molar-refractivity contribution in [3.8, 4) is 22.7 Å². The average molecular weight is 490 g/mol. The van der Waals surface area contributed by atoms with Crippen LogP contribution in [0.2, 0.25) is 0 Å². The molecule has 1 aromatic heterocycles. The van der Waals surface area contributed by atoms with Gasteiger partial charge in [0, 0.05) is 23.9 Å². The van der Waals surface area contributed by atoms with Crippen LogP contribution in [-0.4, -0.2) is 38.1 Å². The maximum Gasteiger partial charge on any atom is 0.266 e. The number of thioether (sulfide) groups is 1. The van der Waals surface area contributed by atoms with Gasteiger partial charge in [-0.2, -0.15) is 5.10 Å². The summed E-state index contributed by atoms with van der Waals surface area (Å²) in [6.07, 6.45) is 5.59. The third kappa shape index (κ3) is 5.16. The number of carbonyl (C=O) groups is 1. The summed E-state index contributed by atoms with van der Waals surface area (Å²) in [4.78, 5) is 15.4. The molecule has 1 amide bonds. The Morgan fingerprint density at radius 3 is 2.65 bits per heavy atom. The van der Waals surface area contributed by atoms with Gasteiger partial charge < -0.3 is 4.74 Å². The van der Waals surface area contributed by atoms with E-state index in [1.54, 1.807) is 11.0 Å². The normalized spacial score (nSPS) is 14.9. The minimum absolute atomic E-state index is 0.0491. The molecule has 3 aromatic rings. The molecule has 34 heavy (non-hydrogen) atoms. The number of para-hydroxylation sites is 1. The summed E-state index contributed by atoms with van der Waals surface area (Å²) in [6.45, 7) is 11.0. The Kier molecular flexibility index (Phi) is 7.34. The third-order valence-electron chi connectivity index (χ3n) is 5.29. The maximum absolute atomic E-state index is 13.1. The SMILES string of the molecule is C=CCOc1ccc(-c2nn(-c3ccccc3)cc2C=C2SC(=S)N(CC(C)C)C2=O)c(C)c1. The van der Waals surface area contributed by atoms with Gasteiger partial charge in [0.1, 0.15) is 22.4 Å². The molecule has 0 unspecified atom stereocenters. The lowest BCUT2D eigenvalue weighted by atomic mass is 10.0. The molecule has 2 heterocycles. The zero-order valence-electron chi connectivity index (χ0n) is 19.5. The van der Waals surface area contributed by atoms with Crippen LogP contribution in [0.25, 0.3) is 23.0 Å².